The molecular formula is C28H54O2. The minimum absolute atomic E-state index is 0.830. The zero-order valence-electron chi connectivity index (χ0n) is 20.5. The van der Waals surface area contributed by atoms with Crippen LogP contribution in [-0.2, 0) is 4.79 Å². The Bertz CT molecular complexity index is 362. The second kappa shape index (κ2) is 26.2. The first kappa shape index (κ1) is 29.2. The third-order valence-electron chi connectivity index (χ3n) is 6.23. The van der Waals surface area contributed by atoms with Gasteiger partial charge in [0.25, 0.3) is 0 Å². The Balaban J connectivity index is 3.03. The largest absolute Gasteiger partial charge is 0.478 e. The highest BCUT2D eigenvalue weighted by atomic mass is 16.4. The highest BCUT2D eigenvalue weighted by Crippen LogP contribution is 2.15. The van der Waals surface area contributed by atoms with Gasteiger partial charge in [0.05, 0.1) is 0 Å². The van der Waals surface area contributed by atoms with Gasteiger partial charge in [0, 0.05) is 6.08 Å². The summed E-state index contributed by atoms with van der Waals surface area (Å²) in [5.41, 5.74) is 0. The fourth-order valence-corrected chi connectivity index (χ4v) is 4.23. The summed E-state index contributed by atoms with van der Waals surface area (Å²) >= 11 is 0. The molecule has 0 saturated carbocycles. The van der Waals surface area contributed by atoms with Crippen molar-refractivity contribution in [1.29, 1.82) is 0 Å². The van der Waals surface area contributed by atoms with Crippen molar-refractivity contribution in [3.05, 3.63) is 12.2 Å². The lowest BCUT2D eigenvalue weighted by molar-refractivity contribution is -0.131. The molecule has 0 aliphatic carbocycles. The van der Waals surface area contributed by atoms with E-state index in [1.165, 1.54) is 147 Å². The average Bonchev–Trinajstić information content (AvgIpc) is 2.73. The van der Waals surface area contributed by atoms with Crippen LogP contribution in [0, 0.1) is 0 Å². The quantitative estimate of drug-likeness (QED) is 0.117. The Morgan fingerprint density at radius 3 is 1.03 bits per heavy atom. The SMILES string of the molecule is CCCCCCCCCCCCCCCCCCCCCCCCC/C=C/C(=O)O. The monoisotopic (exact) mass is 422 g/mol. The predicted octanol–water partition coefficient (Wildman–Crippen LogP) is 10.0. The second-order valence-corrected chi connectivity index (χ2v) is 9.31. The lowest BCUT2D eigenvalue weighted by Gasteiger charge is -2.04. The van der Waals surface area contributed by atoms with Crippen LogP contribution in [0.4, 0.5) is 0 Å². The molecular weight excluding hydrogens is 368 g/mol. The molecule has 0 aromatic heterocycles. The van der Waals surface area contributed by atoms with E-state index in [2.05, 4.69) is 6.92 Å². The van der Waals surface area contributed by atoms with Gasteiger partial charge in [-0.2, -0.15) is 0 Å². The van der Waals surface area contributed by atoms with Crippen LogP contribution in [0.1, 0.15) is 161 Å². The van der Waals surface area contributed by atoms with Crippen LogP contribution in [0.15, 0.2) is 12.2 Å². The van der Waals surface area contributed by atoms with Crippen LogP contribution >= 0.6 is 0 Å². The van der Waals surface area contributed by atoms with Gasteiger partial charge in [-0.25, -0.2) is 4.79 Å². The van der Waals surface area contributed by atoms with E-state index >= 15 is 0 Å². The highest BCUT2D eigenvalue weighted by molar-refractivity contribution is 5.79. The zero-order valence-corrected chi connectivity index (χ0v) is 20.5. The summed E-state index contributed by atoms with van der Waals surface area (Å²) in [6.45, 7) is 2.29. The Kier molecular flexibility index (Phi) is 25.6. The van der Waals surface area contributed by atoms with Crippen LogP contribution < -0.4 is 0 Å². The summed E-state index contributed by atoms with van der Waals surface area (Å²) in [6.07, 6.45) is 36.4. The number of hydrogen-bond donors (Lipinski definition) is 1. The number of carboxylic acid groups (broad SMARTS) is 1. The van der Waals surface area contributed by atoms with Crippen molar-refractivity contribution in [2.45, 2.75) is 161 Å². The molecule has 2 nitrogen and oxygen atoms in total. The first-order valence-electron chi connectivity index (χ1n) is 13.7. The molecule has 0 saturated heterocycles. The molecule has 0 rings (SSSR count). The molecule has 0 spiro atoms. The van der Waals surface area contributed by atoms with Crippen LogP contribution in [0.3, 0.4) is 0 Å². The first-order chi connectivity index (χ1) is 14.8. The molecule has 0 radical (unpaired) electrons. The number of unbranched alkanes of at least 4 members (excludes halogenated alkanes) is 23. The fourth-order valence-electron chi connectivity index (χ4n) is 4.23. The van der Waals surface area contributed by atoms with Crippen molar-refractivity contribution in [1.82, 2.24) is 0 Å². The molecule has 0 aromatic carbocycles. The molecule has 178 valence electrons. The summed E-state index contributed by atoms with van der Waals surface area (Å²) in [4.78, 5) is 10.3. The van der Waals surface area contributed by atoms with Crippen molar-refractivity contribution in [2.75, 3.05) is 0 Å². The van der Waals surface area contributed by atoms with E-state index in [4.69, 9.17) is 5.11 Å². The normalized spacial score (nSPS) is 11.5. The maximum Gasteiger partial charge on any atom is 0.327 e. The summed E-state index contributed by atoms with van der Waals surface area (Å²) in [5, 5.41) is 8.51. The van der Waals surface area contributed by atoms with E-state index in [1.807, 2.05) is 0 Å². The highest BCUT2D eigenvalue weighted by Gasteiger charge is 1.96. The minimum atomic E-state index is -0.830. The Morgan fingerprint density at radius 2 is 0.767 bits per heavy atom. The van der Waals surface area contributed by atoms with E-state index in [9.17, 15) is 4.79 Å². The molecule has 0 fully saturated rings. The van der Waals surface area contributed by atoms with Gasteiger partial charge in [0.15, 0.2) is 0 Å². The van der Waals surface area contributed by atoms with Gasteiger partial charge in [-0.3, -0.25) is 0 Å². The van der Waals surface area contributed by atoms with Crippen LogP contribution in [-0.4, -0.2) is 11.1 Å². The van der Waals surface area contributed by atoms with E-state index in [0.717, 1.165) is 12.8 Å². The van der Waals surface area contributed by atoms with Crippen LogP contribution in [0.2, 0.25) is 0 Å². The average molecular weight is 423 g/mol. The van der Waals surface area contributed by atoms with Crippen molar-refractivity contribution < 1.29 is 9.90 Å². The fraction of sp³-hybridized carbons (Fsp3) is 0.893. The standard InChI is InChI=1S/C28H54O2/c1-2-3-4-5-6-7-8-9-10-11-12-13-14-15-16-17-18-19-20-21-22-23-24-25-26-27-28(29)30/h26-27H,2-25H2,1H3,(H,29,30)/b27-26+. The Labute approximate surface area is 189 Å². The number of carboxylic acids is 1. The van der Waals surface area contributed by atoms with E-state index in [-0.39, 0.29) is 0 Å². The molecule has 0 aliphatic rings. The second-order valence-electron chi connectivity index (χ2n) is 9.31. The smallest absolute Gasteiger partial charge is 0.327 e. The van der Waals surface area contributed by atoms with Gasteiger partial charge < -0.3 is 5.11 Å². The summed E-state index contributed by atoms with van der Waals surface area (Å²) in [6, 6.07) is 0. The van der Waals surface area contributed by atoms with Gasteiger partial charge in [-0.1, -0.05) is 154 Å². The lowest BCUT2D eigenvalue weighted by Crippen LogP contribution is -1.86. The van der Waals surface area contributed by atoms with E-state index in [0.29, 0.717) is 0 Å². The molecule has 2 heteroatoms. The van der Waals surface area contributed by atoms with Crippen molar-refractivity contribution in [2.24, 2.45) is 0 Å². The molecule has 30 heavy (non-hydrogen) atoms. The van der Waals surface area contributed by atoms with Crippen molar-refractivity contribution in [3.63, 3.8) is 0 Å². The third-order valence-corrected chi connectivity index (χ3v) is 6.23. The zero-order chi connectivity index (χ0) is 22.0. The molecule has 0 bridgehead atoms. The van der Waals surface area contributed by atoms with Crippen molar-refractivity contribution in [3.8, 4) is 0 Å². The van der Waals surface area contributed by atoms with E-state index < -0.39 is 5.97 Å². The Morgan fingerprint density at radius 1 is 0.500 bits per heavy atom. The number of rotatable bonds is 25. The van der Waals surface area contributed by atoms with E-state index in [1.54, 1.807) is 6.08 Å². The molecule has 1 N–H and O–H groups in total. The topological polar surface area (TPSA) is 37.3 Å². The Hall–Kier alpha value is -0.790. The number of allylic oxidation sites excluding steroid dienone is 1. The van der Waals surface area contributed by atoms with Gasteiger partial charge in [0.2, 0.25) is 0 Å². The third kappa shape index (κ3) is 27.2. The summed E-state index contributed by atoms with van der Waals surface area (Å²) < 4.78 is 0. The minimum Gasteiger partial charge on any atom is -0.478 e. The van der Waals surface area contributed by atoms with Gasteiger partial charge in [0.1, 0.15) is 0 Å². The molecule has 0 unspecified atom stereocenters. The predicted molar refractivity (Wildman–Crippen MR) is 133 cm³/mol. The molecule has 0 amide bonds. The van der Waals surface area contributed by atoms with Gasteiger partial charge in [-0.15, -0.1) is 0 Å². The maximum atomic E-state index is 10.3. The first-order valence-corrected chi connectivity index (χ1v) is 13.7. The molecule has 0 heterocycles. The summed E-state index contributed by atoms with van der Waals surface area (Å²) in [7, 11) is 0. The number of hydrogen-bond acceptors (Lipinski definition) is 1. The van der Waals surface area contributed by atoms with Gasteiger partial charge in [-0.05, 0) is 12.8 Å². The maximum absolute atomic E-state index is 10.3. The molecule has 0 atom stereocenters. The summed E-state index contributed by atoms with van der Waals surface area (Å²) in [5.74, 6) is -0.830. The molecule has 0 aliphatic heterocycles. The lowest BCUT2D eigenvalue weighted by atomic mass is 10.0. The van der Waals surface area contributed by atoms with Gasteiger partial charge >= 0.3 is 5.97 Å². The molecule has 0 aromatic rings. The number of aliphatic carboxylic acids is 1. The number of carbonyl (C=O) groups is 1. The van der Waals surface area contributed by atoms with Crippen LogP contribution in [0.25, 0.3) is 0 Å². The van der Waals surface area contributed by atoms with Crippen molar-refractivity contribution >= 4 is 5.97 Å². The van der Waals surface area contributed by atoms with Crippen LogP contribution in [0.5, 0.6) is 0 Å².